The monoisotopic (exact) mass is 273 g/mol. The Bertz CT molecular complexity index is 533. The van der Waals surface area contributed by atoms with E-state index in [-0.39, 0.29) is 12.7 Å². The van der Waals surface area contributed by atoms with Gasteiger partial charge in [0.25, 0.3) is 0 Å². The fourth-order valence-corrected chi connectivity index (χ4v) is 1.69. The number of hydrogen-bond donors (Lipinski definition) is 1. The maximum absolute atomic E-state index is 11.4. The highest BCUT2D eigenvalue weighted by molar-refractivity contribution is 5.87. The van der Waals surface area contributed by atoms with Gasteiger partial charge in [0, 0.05) is 12.6 Å². The summed E-state index contributed by atoms with van der Waals surface area (Å²) >= 11 is 0. The maximum Gasteiger partial charge on any atom is 0.243 e. The lowest BCUT2D eigenvalue weighted by Gasteiger charge is -2.03. The minimum Gasteiger partial charge on any atom is -0.454 e. The molecule has 0 fully saturated rings. The van der Waals surface area contributed by atoms with Crippen LogP contribution in [0.1, 0.15) is 19.4 Å². The van der Waals surface area contributed by atoms with Crippen LogP contribution in [0.15, 0.2) is 36.4 Å². The molecule has 0 spiro atoms. The van der Waals surface area contributed by atoms with Gasteiger partial charge in [-0.25, -0.2) is 0 Å². The van der Waals surface area contributed by atoms with Crippen LogP contribution in [0.25, 0.3) is 6.08 Å². The molecule has 0 radical (unpaired) electrons. The molecule has 0 atom stereocenters. The van der Waals surface area contributed by atoms with E-state index in [9.17, 15) is 4.79 Å². The average molecular weight is 273 g/mol. The van der Waals surface area contributed by atoms with E-state index in [0.717, 1.165) is 17.1 Å². The first kappa shape index (κ1) is 14.2. The van der Waals surface area contributed by atoms with Gasteiger partial charge in [-0.05, 0) is 23.6 Å². The van der Waals surface area contributed by atoms with E-state index in [1.165, 1.54) is 6.08 Å². The third-order valence-electron chi connectivity index (χ3n) is 2.73. The van der Waals surface area contributed by atoms with Gasteiger partial charge < -0.3 is 14.8 Å². The number of ether oxygens (including phenoxy) is 2. The summed E-state index contributed by atoms with van der Waals surface area (Å²) in [4.78, 5) is 11.4. The van der Waals surface area contributed by atoms with Crippen LogP contribution in [0, 0.1) is 5.92 Å². The number of rotatable bonds is 5. The Hall–Kier alpha value is -2.23. The second kappa shape index (κ2) is 6.80. The van der Waals surface area contributed by atoms with Gasteiger partial charge in [0.15, 0.2) is 11.5 Å². The first-order chi connectivity index (χ1) is 9.65. The summed E-state index contributed by atoms with van der Waals surface area (Å²) in [5.74, 6) is 1.90. The Morgan fingerprint density at radius 1 is 1.30 bits per heavy atom. The molecule has 1 N–H and O–H groups in total. The minimum absolute atomic E-state index is 0.0750. The van der Waals surface area contributed by atoms with Gasteiger partial charge >= 0.3 is 0 Å². The van der Waals surface area contributed by atoms with E-state index in [1.54, 1.807) is 6.08 Å². The van der Waals surface area contributed by atoms with E-state index >= 15 is 0 Å². The zero-order valence-electron chi connectivity index (χ0n) is 11.8. The van der Waals surface area contributed by atoms with Crippen LogP contribution >= 0.6 is 0 Å². The number of fused-ring (bicyclic) bond motifs is 1. The van der Waals surface area contributed by atoms with Gasteiger partial charge in [0.2, 0.25) is 12.7 Å². The molecule has 1 aliphatic heterocycles. The summed E-state index contributed by atoms with van der Waals surface area (Å²) in [5, 5.41) is 2.82. The summed E-state index contributed by atoms with van der Waals surface area (Å²) in [7, 11) is 0. The molecular weight excluding hydrogens is 254 g/mol. The molecule has 4 heteroatoms. The van der Waals surface area contributed by atoms with E-state index in [2.05, 4.69) is 19.2 Å². The van der Waals surface area contributed by atoms with Crippen LogP contribution in [0.5, 0.6) is 11.5 Å². The molecule has 0 unspecified atom stereocenters. The Morgan fingerprint density at radius 3 is 2.90 bits per heavy atom. The third kappa shape index (κ3) is 4.16. The Morgan fingerprint density at radius 2 is 2.10 bits per heavy atom. The fraction of sp³-hybridized carbons (Fsp3) is 0.312. The summed E-state index contributed by atoms with van der Waals surface area (Å²) in [5.41, 5.74) is 1.00. The van der Waals surface area contributed by atoms with Crippen LogP contribution in [-0.4, -0.2) is 19.2 Å². The number of carbonyl (C=O) groups excluding carboxylic acids is 1. The molecule has 1 aliphatic rings. The van der Waals surface area contributed by atoms with Crippen molar-refractivity contribution < 1.29 is 14.3 Å². The van der Waals surface area contributed by atoms with E-state index in [1.807, 2.05) is 30.4 Å². The van der Waals surface area contributed by atoms with Crippen molar-refractivity contribution in [3.8, 4) is 11.5 Å². The lowest BCUT2D eigenvalue weighted by Crippen LogP contribution is -2.25. The maximum atomic E-state index is 11.4. The summed E-state index contributed by atoms with van der Waals surface area (Å²) in [6.07, 6.45) is 6.98. The van der Waals surface area contributed by atoms with Crippen molar-refractivity contribution in [3.05, 3.63) is 42.0 Å². The lowest BCUT2D eigenvalue weighted by atomic mass is 10.2. The van der Waals surface area contributed by atoms with E-state index in [4.69, 9.17) is 9.47 Å². The van der Waals surface area contributed by atoms with E-state index in [0.29, 0.717) is 12.5 Å². The second-order valence-electron chi connectivity index (χ2n) is 4.97. The molecule has 1 heterocycles. The number of nitrogens with one attached hydrogen (secondary N) is 1. The lowest BCUT2D eigenvalue weighted by molar-refractivity contribution is -0.116. The highest BCUT2D eigenvalue weighted by Gasteiger charge is 2.11. The molecule has 1 amide bonds. The summed E-state index contributed by atoms with van der Waals surface area (Å²) in [6.45, 7) is 5.08. The third-order valence-corrected chi connectivity index (χ3v) is 2.73. The van der Waals surface area contributed by atoms with Gasteiger partial charge in [-0.2, -0.15) is 0 Å². The summed E-state index contributed by atoms with van der Waals surface area (Å²) < 4.78 is 10.5. The standard InChI is InChI=1S/C16H19NO3/c1-12(2)10-17-16(18)6-4-3-5-13-7-8-14-15(9-13)20-11-19-14/h3-9,12H,10-11H2,1-2H3,(H,17,18)/b5-3?,6-4+. The van der Waals surface area contributed by atoms with Crippen LogP contribution in [0.3, 0.4) is 0 Å². The highest BCUT2D eigenvalue weighted by Crippen LogP contribution is 2.32. The van der Waals surface area contributed by atoms with Crippen molar-refractivity contribution in [2.45, 2.75) is 13.8 Å². The van der Waals surface area contributed by atoms with Crippen LogP contribution in [0.2, 0.25) is 0 Å². The first-order valence-corrected chi connectivity index (χ1v) is 6.67. The second-order valence-corrected chi connectivity index (χ2v) is 4.97. The van der Waals surface area contributed by atoms with Crippen molar-refractivity contribution in [1.82, 2.24) is 5.32 Å². The average Bonchev–Trinajstić information content (AvgIpc) is 2.88. The first-order valence-electron chi connectivity index (χ1n) is 6.67. The number of allylic oxidation sites excluding steroid dienone is 2. The number of hydrogen-bond acceptors (Lipinski definition) is 3. The van der Waals surface area contributed by atoms with Crippen molar-refractivity contribution >= 4 is 12.0 Å². The molecular formula is C16H19NO3. The van der Waals surface area contributed by atoms with Gasteiger partial charge in [0.1, 0.15) is 0 Å². The van der Waals surface area contributed by atoms with Gasteiger partial charge in [0.05, 0.1) is 0 Å². The molecule has 106 valence electrons. The van der Waals surface area contributed by atoms with Gasteiger partial charge in [-0.1, -0.05) is 38.1 Å². The van der Waals surface area contributed by atoms with Crippen LogP contribution in [0.4, 0.5) is 0 Å². The zero-order valence-corrected chi connectivity index (χ0v) is 11.8. The number of amides is 1. The van der Waals surface area contributed by atoms with Gasteiger partial charge in [-0.3, -0.25) is 4.79 Å². The molecule has 20 heavy (non-hydrogen) atoms. The van der Waals surface area contributed by atoms with Gasteiger partial charge in [-0.15, -0.1) is 0 Å². The molecule has 0 saturated carbocycles. The largest absolute Gasteiger partial charge is 0.454 e. The zero-order chi connectivity index (χ0) is 14.4. The predicted molar refractivity (Wildman–Crippen MR) is 78.6 cm³/mol. The number of benzene rings is 1. The van der Waals surface area contributed by atoms with Crippen molar-refractivity contribution in [1.29, 1.82) is 0 Å². The molecule has 0 bridgehead atoms. The molecule has 0 aliphatic carbocycles. The Labute approximate surface area is 119 Å². The molecule has 1 aromatic carbocycles. The van der Waals surface area contributed by atoms with Crippen LogP contribution in [-0.2, 0) is 4.79 Å². The van der Waals surface area contributed by atoms with Crippen LogP contribution < -0.4 is 14.8 Å². The molecule has 0 saturated heterocycles. The highest BCUT2D eigenvalue weighted by atomic mass is 16.7. The Balaban J connectivity index is 1.85. The van der Waals surface area contributed by atoms with E-state index < -0.39 is 0 Å². The Kier molecular flexibility index (Phi) is 4.82. The SMILES string of the molecule is CC(C)CNC(=O)/C=C/C=Cc1ccc2c(c1)OCO2. The fourth-order valence-electron chi connectivity index (χ4n) is 1.69. The van der Waals surface area contributed by atoms with Crippen molar-refractivity contribution in [3.63, 3.8) is 0 Å². The summed E-state index contributed by atoms with van der Waals surface area (Å²) in [6, 6.07) is 5.73. The van der Waals surface area contributed by atoms with Crippen molar-refractivity contribution in [2.24, 2.45) is 5.92 Å². The quantitative estimate of drug-likeness (QED) is 0.663. The molecule has 1 aromatic rings. The number of carbonyl (C=O) groups is 1. The topological polar surface area (TPSA) is 47.6 Å². The minimum atomic E-state index is -0.0750. The smallest absolute Gasteiger partial charge is 0.243 e. The predicted octanol–water partition coefficient (Wildman–Crippen LogP) is 2.76. The van der Waals surface area contributed by atoms with Crippen molar-refractivity contribution in [2.75, 3.05) is 13.3 Å². The normalized spacial score (nSPS) is 13.6. The molecule has 4 nitrogen and oxygen atoms in total. The molecule has 0 aromatic heterocycles. The molecule has 2 rings (SSSR count).